The van der Waals surface area contributed by atoms with Crippen LogP contribution in [-0.2, 0) is 28.4 Å². The molecule has 8 aliphatic rings. The number of piperidine rings is 1. The standard InChI is InChI=1S/C25H33FN8O3.C25H33N7O4.C23H29N7O4.C22H27N7O4/c1-27-22-14-21(31-23-17(15-28-34(22)23)24(35)30-18-5-6-20(18)37-2)29-19-4-3-10-33(25(19)36)16-7-11-32(12-8-16)13-9-26;1-26-22-13-21(28-19-5-4-12-31(25(19)34)15-6-8-16(35-2)9-7-15)30-23-17(14-27-32(22)23)24(33)29-18-10-11-20(18)36-3;1-24-20-12-19(26-17-4-3-9-29(23(17)32)14-7-10-34-11-8-14)28-21-15(13-25-30(20)21)22(31)27-16-5-6-18(16)33-2;1-23-19-10-18(25-14-4-3-9-28(22(14)32)15-6-7-16(15)30)27-20-12(11-24-29(19)20)21(31)26-13-5-8-17(13)33-2/h3-4,10,14-16,18,20,27H,5-9,11-13H2,1-2H3,(H,29,31)(H,30,35);4-5,12-16,18,20,26H,6-11H2,1-3H3,(H,28,30)(H,29,33);3-4,9,12-14,16,18,24H,5-8,10-11H2,1-2H3,(H,26,28)(H,27,31);3-4,9-11,13,15-17,23,30H,5-8H2,1-2H3,(H,25,27)(H,26,31)/t18-,20-;15?,16?,18-,20-;16-,18-;13-,15-,16-,17-/m0001/s1. The van der Waals surface area contributed by atoms with Gasteiger partial charge < -0.3 is 120 Å². The number of nitrogens with one attached hydrogen (secondary N) is 12. The zero-order valence-electron chi connectivity index (χ0n) is 79.7. The number of aliphatic hydroxyl groups excluding tert-OH is 1. The average molecular weight is 1930 g/mol. The van der Waals surface area contributed by atoms with Crippen molar-refractivity contribution in [1.82, 2.24) is 103 Å². The van der Waals surface area contributed by atoms with Crippen molar-refractivity contribution in [2.24, 2.45) is 0 Å². The molecule has 2 saturated heterocycles. The van der Waals surface area contributed by atoms with Crippen LogP contribution >= 0.6 is 0 Å². The van der Waals surface area contributed by atoms with Crippen molar-refractivity contribution in [3.8, 4) is 0 Å². The molecule has 45 heteroatoms. The van der Waals surface area contributed by atoms with Crippen LogP contribution in [0.5, 0.6) is 0 Å². The molecule has 0 spiro atoms. The van der Waals surface area contributed by atoms with Gasteiger partial charge in [-0.25, -0.2) is 24.3 Å². The van der Waals surface area contributed by atoms with E-state index in [9.17, 15) is 47.9 Å². The molecule has 12 aromatic heterocycles. The van der Waals surface area contributed by atoms with E-state index in [4.69, 9.17) is 28.4 Å². The number of halogens is 1. The van der Waals surface area contributed by atoms with Gasteiger partial charge in [-0.05, 0) is 164 Å². The van der Waals surface area contributed by atoms with Crippen LogP contribution in [0.25, 0.3) is 22.6 Å². The number of carbonyl (C=O) groups excluding carboxylic acids is 4. The molecule has 0 radical (unpaired) electrons. The van der Waals surface area contributed by atoms with Crippen LogP contribution in [-0.4, -0.2) is 274 Å². The summed E-state index contributed by atoms with van der Waals surface area (Å²) in [6.45, 7) is 2.91. The Kier molecular flexibility index (Phi) is 30.8. The highest BCUT2D eigenvalue weighted by Gasteiger charge is 2.39. The Morgan fingerprint density at radius 1 is 0.386 bits per heavy atom. The zero-order valence-corrected chi connectivity index (χ0v) is 79.7. The highest BCUT2D eigenvalue weighted by Crippen LogP contribution is 2.36. The van der Waals surface area contributed by atoms with Gasteiger partial charge in [0.25, 0.3) is 45.9 Å². The van der Waals surface area contributed by atoms with Crippen molar-refractivity contribution in [2.45, 2.75) is 201 Å². The topological polar surface area (TPSA) is 500 Å². The Labute approximate surface area is 804 Å². The lowest BCUT2D eigenvalue weighted by Gasteiger charge is -2.35. The first-order valence-corrected chi connectivity index (χ1v) is 47.7. The van der Waals surface area contributed by atoms with Crippen LogP contribution in [0.4, 0.5) is 73.7 Å². The van der Waals surface area contributed by atoms with Gasteiger partial charge in [0, 0.05) is 164 Å². The molecule has 2 aliphatic heterocycles. The lowest BCUT2D eigenvalue weighted by molar-refractivity contribution is 0.00731. The monoisotopic (exact) mass is 1930 g/mol. The zero-order chi connectivity index (χ0) is 97.9. The van der Waals surface area contributed by atoms with Crippen LogP contribution < -0.4 is 86.0 Å². The molecule has 8 fully saturated rings. The molecule has 140 heavy (non-hydrogen) atoms. The molecule has 10 atom stereocenters. The number of methoxy groups -OCH3 is 5. The van der Waals surface area contributed by atoms with Gasteiger partial charge in [0.2, 0.25) is 0 Å². The van der Waals surface area contributed by atoms with E-state index < -0.39 is 6.10 Å². The first-order chi connectivity index (χ1) is 68.1. The van der Waals surface area contributed by atoms with Gasteiger partial charge in [-0.15, -0.1) is 0 Å². The minimum absolute atomic E-state index is 0.0139. The van der Waals surface area contributed by atoms with Crippen LogP contribution in [0.15, 0.2) is 142 Å². The summed E-state index contributed by atoms with van der Waals surface area (Å²) in [6.07, 6.45) is 28.4. The van der Waals surface area contributed by atoms with Crippen LogP contribution in [0.1, 0.15) is 181 Å². The molecule has 13 N–H and O–H groups in total. The summed E-state index contributed by atoms with van der Waals surface area (Å²) in [5, 5.41) is 64.2. The number of carbonyl (C=O) groups is 4. The highest BCUT2D eigenvalue weighted by molar-refractivity contribution is 6.03. The first kappa shape index (κ1) is 97.8. The lowest BCUT2D eigenvalue weighted by Crippen LogP contribution is -2.51. The number of pyridine rings is 4. The van der Waals surface area contributed by atoms with Crippen molar-refractivity contribution < 1.29 is 57.1 Å². The molecule has 4 amide bonds. The number of nitrogens with zero attached hydrogens (tertiary/aromatic N) is 17. The maximum absolute atomic E-state index is 13.3. The van der Waals surface area contributed by atoms with Crippen molar-refractivity contribution >= 4 is 116 Å². The second kappa shape index (κ2) is 44.1. The molecule has 20 rings (SSSR count). The minimum atomic E-state index is -0.510. The molecule has 0 unspecified atom stereocenters. The quantitative estimate of drug-likeness (QED) is 0.0195. The first-order valence-electron chi connectivity index (χ1n) is 47.7. The molecule has 0 bridgehead atoms. The number of ether oxygens (including phenoxy) is 6. The Hall–Kier alpha value is -13.8. The molecule has 44 nitrogen and oxygen atoms in total. The lowest BCUT2D eigenvalue weighted by atomic mass is 9.89. The van der Waals surface area contributed by atoms with Gasteiger partial charge in [0.15, 0.2) is 22.6 Å². The molecule has 14 heterocycles. The normalized spacial score (nSPS) is 22.2. The largest absolute Gasteiger partial charge is 0.391 e. The number of aromatic nitrogens is 16. The summed E-state index contributed by atoms with van der Waals surface area (Å²) in [4.78, 5) is 125. The summed E-state index contributed by atoms with van der Waals surface area (Å²) in [5.74, 6) is 3.11. The number of rotatable bonds is 31. The summed E-state index contributed by atoms with van der Waals surface area (Å²) in [6, 6.07) is 21.1. The number of aliphatic hydroxyl groups is 1. The Morgan fingerprint density at radius 2 is 0.686 bits per heavy atom. The van der Waals surface area contributed by atoms with Crippen LogP contribution in [0, 0.1) is 0 Å². The van der Waals surface area contributed by atoms with Gasteiger partial charge in [-0.2, -0.15) is 38.5 Å². The number of fused-ring (bicyclic) bond motifs is 4. The highest BCUT2D eigenvalue weighted by atomic mass is 19.1. The summed E-state index contributed by atoms with van der Waals surface area (Å²) >= 11 is 0. The summed E-state index contributed by atoms with van der Waals surface area (Å²) < 4.78 is 58.2. The second-order valence-electron chi connectivity index (χ2n) is 36.0. The third-order valence-corrected chi connectivity index (χ3v) is 28.0. The van der Waals surface area contributed by atoms with E-state index in [-0.39, 0.29) is 131 Å². The van der Waals surface area contributed by atoms with Crippen molar-refractivity contribution in [1.29, 1.82) is 0 Å². The molecular weight excluding hydrogens is 1810 g/mol. The smallest absolute Gasteiger partial charge is 0.274 e. The number of alkyl halides is 1. The Balaban J connectivity index is 0.000000129. The predicted molar refractivity (Wildman–Crippen MR) is 524 cm³/mol. The minimum Gasteiger partial charge on any atom is -0.391 e. The fraction of sp³-hybridized carbons (Fsp3) is 0.495. The van der Waals surface area contributed by atoms with Gasteiger partial charge in [0.1, 0.15) is 98.2 Å². The third kappa shape index (κ3) is 20.9. The van der Waals surface area contributed by atoms with Crippen LogP contribution in [0.2, 0.25) is 0 Å². The van der Waals surface area contributed by atoms with Crippen molar-refractivity contribution in [2.75, 3.05) is 146 Å². The number of amides is 4. The number of anilines is 12. The molecule has 0 aromatic carbocycles. The SMILES string of the molecule is CNc1cc(Nc2cccn(C3CCC(OC)CC3)c2=O)nc2c(C(=O)N[C@H]3CC[C@@H]3OC)cnn12.CNc1cc(Nc2cccn(C3CCN(CCF)CC3)c2=O)nc2c(C(=O)N[C@H]3CC[C@@H]3OC)cnn12.CNc1cc(Nc2cccn(C3CCOCC3)c2=O)nc2c(C(=O)N[C@H]3CC[C@@H]3OC)cnn12.CNc1cc(Nc2cccn([C@@H]3CC[C@H]3O)c2=O)nc2c(C(=O)N[C@@H]3CC[C@H]3OC)cnn12. The molecule has 744 valence electrons. The predicted octanol–water partition coefficient (Wildman–Crippen LogP) is 8.12. The molecule has 6 saturated carbocycles. The van der Waals surface area contributed by atoms with Gasteiger partial charge in [-0.1, -0.05) is 0 Å². The molecular formula is C95H122FN29O15. The maximum Gasteiger partial charge on any atom is 0.274 e. The van der Waals surface area contributed by atoms with E-state index in [0.29, 0.717) is 140 Å². The Bertz CT molecular complexity index is 6680. The number of hydrogen-bond acceptors (Lipinski definition) is 32. The fourth-order valence-electron chi connectivity index (χ4n) is 19.1. The summed E-state index contributed by atoms with van der Waals surface area (Å²) in [7, 11) is 15.3. The molecule has 12 aromatic rings. The fourth-order valence-corrected chi connectivity index (χ4v) is 19.1. The number of likely N-dealkylation sites (tertiary alicyclic amines) is 1. The van der Waals surface area contributed by atoms with E-state index >= 15 is 0 Å². The van der Waals surface area contributed by atoms with E-state index in [0.717, 1.165) is 122 Å². The van der Waals surface area contributed by atoms with E-state index in [1.165, 1.54) is 24.8 Å². The van der Waals surface area contributed by atoms with Gasteiger partial charge in [-0.3, -0.25) is 38.4 Å². The van der Waals surface area contributed by atoms with Crippen molar-refractivity contribution in [3.63, 3.8) is 0 Å². The van der Waals surface area contributed by atoms with E-state index in [1.54, 1.807) is 167 Å². The van der Waals surface area contributed by atoms with E-state index in [2.05, 4.69) is 109 Å². The van der Waals surface area contributed by atoms with Gasteiger partial charge in [0.05, 0.1) is 91.6 Å². The Morgan fingerprint density at radius 3 is 0.950 bits per heavy atom. The third-order valence-electron chi connectivity index (χ3n) is 28.0. The van der Waals surface area contributed by atoms with E-state index in [1.807, 2.05) is 30.6 Å². The maximum atomic E-state index is 13.3. The van der Waals surface area contributed by atoms with Crippen molar-refractivity contribution in [3.05, 3.63) is 186 Å². The summed E-state index contributed by atoms with van der Waals surface area (Å²) in [5.41, 5.74) is 3.84. The second-order valence-corrected chi connectivity index (χ2v) is 36.0. The van der Waals surface area contributed by atoms with Gasteiger partial charge >= 0.3 is 0 Å². The molecule has 6 aliphatic carbocycles. The average Bonchev–Trinajstić information content (AvgIpc) is 1.62. The number of hydrogen-bond donors (Lipinski definition) is 13. The van der Waals surface area contributed by atoms with Crippen LogP contribution in [0.3, 0.4) is 0 Å².